The summed E-state index contributed by atoms with van der Waals surface area (Å²) < 4.78 is 5.32. The number of rotatable bonds is 5. The van der Waals surface area contributed by atoms with Crippen LogP contribution >= 0.6 is 0 Å². The lowest BCUT2D eigenvalue weighted by atomic mass is 9.93. The third kappa shape index (κ3) is 4.24. The quantitative estimate of drug-likeness (QED) is 0.477. The molecule has 1 fully saturated rings. The van der Waals surface area contributed by atoms with Gasteiger partial charge in [0.1, 0.15) is 24.1 Å². The standard InChI is InChI=1S/C12H21NO6/c1-6(15)3-4-9(16)13-10-7(2)19-8(5-14)11(17)12(10)18/h7-8,10-12,14,17-18H,3-5H2,1-2H3,(H,13,16). The van der Waals surface area contributed by atoms with Gasteiger partial charge in [0, 0.05) is 12.8 Å². The van der Waals surface area contributed by atoms with E-state index < -0.39 is 37.1 Å². The molecule has 0 saturated carbocycles. The van der Waals surface area contributed by atoms with Crippen LogP contribution in [0.5, 0.6) is 0 Å². The third-order valence-corrected chi connectivity index (χ3v) is 3.21. The molecule has 0 aromatic carbocycles. The zero-order chi connectivity index (χ0) is 14.6. The maximum atomic E-state index is 11.6. The summed E-state index contributed by atoms with van der Waals surface area (Å²) in [6.45, 7) is 2.62. The van der Waals surface area contributed by atoms with E-state index >= 15 is 0 Å². The minimum absolute atomic E-state index is 0.0325. The van der Waals surface area contributed by atoms with E-state index in [9.17, 15) is 19.8 Å². The number of aliphatic hydroxyl groups is 3. The number of carbonyl (C=O) groups excluding carboxylic acids is 2. The van der Waals surface area contributed by atoms with Crippen LogP contribution in [0.1, 0.15) is 26.7 Å². The van der Waals surface area contributed by atoms with Gasteiger partial charge in [0.2, 0.25) is 5.91 Å². The molecule has 7 heteroatoms. The molecular formula is C12H21NO6. The summed E-state index contributed by atoms with van der Waals surface area (Å²) >= 11 is 0. The third-order valence-electron chi connectivity index (χ3n) is 3.21. The van der Waals surface area contributed by atoms with Gasteiger partial charge >= 0.3 is 0 Å². The van der Waals surface area contributed by atoms with Crippen LogP contribution in [0.15, 0.2) is 0 Å². The first-order valence-corrected chi connectivity index (χ1v) is 6.28. The second-order valence-corrected chi connectivity index (χ2v) is 4.84. The zero-order valence-electron chi connectivity index (χ0n) is 11.1. The molecule has 1 aliphatic heterocycles. The maximum absolute atomic E-state index is 11.6. The molecule has 0 aliphatic carbocycles. The molecule has 1 aliphatic rings. The monoisotopic (exact) mass is 275 g/mol. The molecule has 0 aromatic heterocycles. The number of hydrogen-bond acceptors (Lipinski definition) is 6. The van der Waals surface area contributed by atoms with Crippen LogP contribution in [0.25, 0.3) is 0 Å². The van der Waals surface area contributed by atoms with Crippen LogP contribution in [0.2, 0.25) is 0 Å². The fourth-order valence-corrected chi connectivity index (χ4v) is 2.05. The molecule has 0 spiro atoms. The summed E-state index contributed by atoms with van der Waals surface area (Å²) in [4.78, 5) is 22.4. The summed E-state index contributed by atoms with van der Waals surface area (Å²) in [5.41, 5.74) is 0. The average Bonchev–Trinajstić information content (AvgIpc) is 2.36. The highest BCUT2D eigenvalue weighted by molar-refractivity contribution is 5.83. The number of hydrogen-bond donors (Lipinski definition) is 4. The molecule has 0 bridgehead atoms. The number of amides is 1. The van der Waals surface area contributed by atoms with Crippen molar-refractivity contribution in [1.82, 2.24) is 5.32 Å². The number of ether oxygens (including phenoxy) is 1. The number of carbonyl (C=O) groups is 2. The molecule has 5 unspecified atom stereocenters. The van der Waals surface area contributed by atoms with E-state index in [1.165, 1.54) is 6.92 Å². The number of ketones is 1. The van der Waals surface area contributed by atoms with Gasteiger partial charge in [-0.05, 0) is 13.8 Å². The van der Waals surface area contributed by atoms with Crippen molar-refractivity contribution in [3.8, 4) is 0 Å². The van der Waals surface area contributed by atoms with Gasteiger partial charge in [-0.2, -0.15) is 0 Å². The Morgan fingerprint density at radius 2 is 1.84 bits per heavy atom. The van der Waals surface area contributed by atoms with Crippen LogP contribution in [0.4, 0.5) is 0 Å². The van der Waals surface area contributed by atoms with Gasteiger partial charge in [0.25, 0.3) is 0 Å². The van der Waals surface area contributed by atoms with Crippen LogP contribution in [0.3, 0.4) is 0 Å². The highest BCUT2D eigenvalue weighted by Gasteiger charge is 2.42. The molecule has 19 heavy (non-hydrogen) atoms. The summed E-state index contributed by atoms with van der Waals surface area (Å²) in [5, 5.41) is 31.2. The second kappa shape index (κ2) is 6.95. The molecule has 110 valence electrons. The first kappa shape index (κ1) is 16.0. The predicted molar refractivity (Wildman–Crippen MR) is 65.3 cm³/mol. The number of nitrogens with one attached hydrogen (secondary N) is 1. The summed E-state index contributed by atoms with van der Waals surface area (Å²) in [5.74, 6) is -0.478. The van der Waals surface area contributed by atoms with Gasteiger partial charge in [-0.1, -0.05) is 0 Å². The Morgan fingerprint density at radius 3 is 2.37 bits per heavy atom. The first-order chi connectivity index (χ1) is 8.86. The van der Waals surface area contributed by atoms with E-state index in [4.69, 9.17) is 9.84 Å². The fourth-order valence-electron chi connectivity index (χ4n) is 2.05. The average molecular weight is 275 g/mol. The van der Waals surface area contributed by atoms with Crippen molar-refractivity contribution in [2.75, 3.05) is 6.61 Å². The SMILES string of the molecule is CC(=O)CCC(=O)NC1C(C)OC(CO)C(O)C1O. The number of aliphatic hydroxyl groups excluding tert-OH is 3. The molecule has 1 amide bonds. The van der Waals surface area contributed by atoms with Crippen molar-refractivity contribution in [1.29, 1.82) is 0 Å². The Kier molecular flexibility index (Phi) is 5.86. The summed E-state index contributed by atoms with van der Waals surface area (Å²) in [6.07, 6.45) is -3.73. The van der Waals surface area contributed by atoms with E-state index in [0.717, 1.165) is 0 Å². The maximum Gasteiger partial charge on any atom is 0.220 e. The van der Waals surface area contributed by atoms with Gasteiger partial charge in [-0.15, -0.1) is 0 Å². The van der Waals surface area contributed by atoms with Crippen molar-refractivity contribution >= 4 is 11.7 Å². The minimum atomic E-state index is -1.26. The second-order valence-electron chi connectivity index (χ2n) is 4.84. The minimum Gasteiger partial charge on any atom is -0.394 e. The molecule has 0 aromatic rings. The molecule has 7 nitrogen and oxygen atoms in total. The lowest BCUT2D eigenvalue weighted by Gasteiger charge is -2.41. The topological polar surface area (TPSA) is 116 Å². The van der Waals surface area contributed by atoms with Crippen molar-refractivity contribution in [2.24, 2.45) is 0 Å². The van der Waals surface area contributed by atoms with Crippen LogP contribution in [-0.4, -0.2) is 64.1 Å². The Morgan fingerprint density at radius 1 is 1.21 bits per heavy atom. The summed E-state index contributed by atoms with van der Waals surface area (Å²) in [6, 6.07) is -0.766. The molecule has 4 N–H and O–H groups in total. The highest BCUT2D eigenvalue weighted by atomic mass is 16.5. The van der Waals surface area contributed by atoms with Gasteiger partial charge < -0.3 is 30.2 Å². The first-order valence-electron chi connectivity index (χ1n) is 6.28. The zero-order valence-corrected chi connectivity index (χ0v) is 11.1. The van der Waals surface area contributed by atoms with Gasteiger partial charge in [-0.3, -0.25) is 4.79 Å². The van der Waals surface area contributed by atoms with Crippen molar-refractivity contribution in [2.45, 2.75) is 57.1 Å². The molecule has 1 rings (SSSR count). The molecular weight excluding hydrogens is 254 g/mol. The fraction of sp³-hybridized carbons (Fsp3) is 0.833. The van der Waals surface area contributed by atoms with Gasteiger partial charge in [0.15, 0.2) is 0 Å². The largest absolute Gasteiger partial charge is 0.394 e. The van der Waals surface area contributed by atoms with E-state index in [0.29, 0.717) is 0 Å². The Balaban J connectivity index is 2.57. The Hall–Kier alpha value is -1.02. The lowest BCUT2D eigenvalue weighted by molar-refractivity contribution is -0.190. The summed E-state index contributed by atoms with van der Waals surface area (Å²) in [7, 11) is 0. The van der Waals surface area contributed by atoms with Crippen molar-refractivity contribution in [3.05, 3.63) is 0 Å². The van der Waals surface area contributed by atoms with E-state index in [-0.39, 0.29) is 24.5 Å². The normalized spacial score (nSPS) is 34.9. The van der Waals surface area contributed by atoms with Crippen molar-refractivity contribution < 1.29 is 29.6 Å². The Bertz CT molecular complexity index is 334. The lowest BCUT2D eigenvalue weighted by Crippen LogP contribution is -2.63. The molecule has 0 radical (unpaired) electrons. The number of Topliss-reactive ketones (excluding diaryl/α,β-unsaturated/α-hetero) is 1. The van der Waals surface area contributed by atoms with Crippen molar-refractivity contribution in [3.63, 3.8) is 0 Å². The van der Waals surface area contributed by atoms with E-state index in [1.807, 2.05) is 0 Å². The van der Waals surface area contributed by atoms with Gasteiger partial charge in [0.05, 0.1) is 18.8 Å². The van der Waals surface area contributed by atoms with E-state index in [1.54, 1.807) is 6.92 Å². The molecule has 1 saturated heterocycles. The van der Waals surface area contributed by atoms with Crippen LogP contribution in [0, 0.1) is 0 Å². The highest BCUT2D eigenvalue weighted by Crippen LogP contribution is 2.20. The Labute approximate surface area is 111 Å². The van der Waals surface area contributed by atoms with E-state index in [2.05, 4.69) is 5.32 Å². The van der Waals surface area contributed by atoms with Crippen LogP contribution < -0.4 is 5.32 Å². The smallest absolute Gasteiger partial charge is 0.220 e. The van der Waals surface area contributed by atoms with Crippen LogP contribution in [-0.2, 0) is 14.3 Å². The molecule has 1 heterocycles. The predicted octanol–water partition coefficient (Wildman–Crippen LogP) is -1.66. The molecule has 5 atom stereocenters. The van der Waals surface area contributed by atoms with Gasteiger partial charge in [-0.25, -0.2) is 0 Å².